The van der Waals surface area contributed by atoms with Gasteiger partial charge < -0.3 is 9.84 Å². The van der Waals surface area contributed by atoms with Gasteiger partial charge in [0.25, 0.3) is 0 Å². The van der Waals surface area contributed by atoms with Gasteiger partial charge in [-0.2, -0.15) is 11.8 Å². The van der Waals surface area contributed by atoms with E-state index in [1.807, 2.05) is 11.8 Å². The fourth-order valence-corrected chi connectivity index (χ4v) is 2.08. The minimum Gasteiger partial charge on any atom is -0.493 e. The van der Waals surface area contributed by atoms with Crippen molar-refractivity contribution < 1.29 is 14.2 Å². The molecule has 17 heavy (non-hydrogen) atoms. The van der Waals surface area contributed by atoms with Crippen LogP contribution in [0.1, 0.15) is 31.9 Å². The molecule has 0 aliphatic carbocycles. The SMILES string of the molecule is CCSCCCOc1ccc(F)cc1C(C)O. The van der Waals surface area contributed by atoms with Gasteiger partial charge >= 0.3 is 0 Å². The highest BCUT2D eigenvalue weighted by Gasteiger charge is 2.10. The zero-order valence-electron chi connectivity index (χ0n) is 10.3. The molecular formula is C13H19FO2S. The third-order valence-corrected chi connectivity index (χ3v) is 3.30. The van der Waals surface area contributed by atoms with Crippen LogP contribution in [0.4, 0.5) is 4.39 Å². The summed E-state index contributed by atoms with van der Waals surface area (Å²) in [5.74, 6) is 2.38. The second-order valence-corrected chi connectivity index (χ2v) is 5.15. The van der Waals surface area contributed by atoms with Crippen molar-refractivity contribution in [3.63, 3.8) is 0 Å². The normalized spacial score (nSPS) is 12.5. The van der Waals surface area contributed by atoms with Crippen LogP contribution in [0, 0.1) is 5.82 Å². The zero-order valence-corrected chi connectivity index (χ0v) is 11.1. The molecule has 0 heterocycles. The van der Waals surface area contributed by atoms with Crippen LogP contribution in [0.25, 0.3) is 0 Å². The van der Waals surface area contributed by atoms with Crippen molar-refractivity contribution in [2.45, 2.75) is 26.4 Å². The Morgan fingerprint density at radius 3 is 2.88 bits per heavy atom. The maximum atomic E-state index is 13.0. The number of aliphatic hydroxyl groups is 1. The molecule has 1 atom stereocenters. The van der Waals surface area contributed by atoms with Crippen molar-refractivity contribution in [1.82, 2.24) is 0 Å². The van der Waals surface area contributed by atoms with Gasteiger partial charge in [0.05, 0.1) is 12.7 Å². The zero-order chi connectivity index (χ0) is 12.7. The number of ether oxygens (including phenoxy) is 1. The summed E-state index contributed by atoms with van der Waals surface area (Å²) in [5, 5.41) is 9.52. The second kappa shape index (κ2) is 7.56. The second-order valence-electron chi connectivity index (χ2n) is 3.76. The molecule has 0 amide bonds. The number of hydrogen-bond donors (Lipinski definition) is 1. The van der Waals surface area contributed by atoms with E-state index >= 15 is 0 Å². The van der Waals surface area contributed by atoms with E-state index in [-0.39, 0.29) is 5.82 Å². The van der Waals surface area contributed by atoms with E-state index in [4.69, 9.17) is 4.74 Å². The number of hydrogen-bond acceptors (Lipinski definition) is 3. The van der Waals surface area contributed by atoms with E-state index in [2.05, 4.69) is 6.92 Å². The predicted octanol–water partition coefficient (Wildman–Crippen LogP) is 3.40. The molecular weight excluding hydrogens is 239 g/mol. The third kappa shape index (κ3) is 4.96. The molecule has 2 nitrogen and oxygen atoms in total. The summed E-state index contributed by atoms with van der Waals surface area (Å²) < 4.78 is 18.6. The first-order chi connectivity index (χ1) is 8.15. The lowest BCUT2D eigenvalue weighted by molar-refractivity contribution is 0.190. The average molecular weight is 258 g/mol. The van der Waals surface area contributed by atoms with Gasteiger partial charge in [0.2, 0.25) is 0 Å². The first-order valence-corrected chi connectivity index (χ1v) is 6.98. The molecule has 0 aromatic heterocycles. The number of rotatable bonds is 7. The highest BCUT2D eigenvalue weighted by atomic mass is 32.2. The Kier molecular flexibility index (Phi) is 6.37. The van der Waals surface area contributed by atoms with Crippen LogP contribution in [0.5, 0.6) is 5.75 Å². The van der Waals surface area contributed by atoms with Crippen LogP contribution in [-0.4, -0.2) is 23.2 Å². The molecule has 1 aromatic rings. The van der Waals surface area contributed by atoms with Crippen molar-refractivity contribution in [3.8, 4) is 5.75 Å². The van der Waals surface area contributed by atoms with E-state index in [1.54, 1.807) is 13.0 Å². The lowest BCUT2D eigenvalue weighted by Gasteiger charge is -2.13. The summed E-state index contributed by atoms with van der Waals surface area (Å²) in [6, 6.07) is 4.24. The molecule has 0 spiro atoms. The molecule has 0 fully saturated rings. The minimum atomic E-state index is -0.717. The number of halogens is 1. The Hall–Kier alpha value is -0.740. The van der Waals surface area contributed by atoms with Crippen molar-refractivity contribution in [2.75, 3.05) is 18.1 Å². The Balaban J connectivity index is 2.52. The summed E-state index contributed by atoms with van der Waals surface area (Å²) >= 11 is 1.87. The lowest BCUT2D eigenvalue weighted by Crippen LogP contribution is -2.03. The van der Waals surface area contributed by atoms with Crippen molar-refractivity contribution >= 4 is 11.8 Å². The van der Waals surface area contributed by atoms with E-state index in [0.717, 1.165) is 17.9 Å². The fraction of sp³-hybridized carbons (Fsp3) is 0.538. The maximum Gasteiger partial charge on any atom is 0.125 e. The average Bonchev–Trinajstić information content (AvgIpc) is 2.30. The van der Waals surface area contributed by atoms with Crippen LogP contribution < -0.4 is 4.74 Å². The number of aliphatic hydroxyl groups excluding tert-OH is 1. The Labute approximate surface area is 106 Å². The fourth-order valence-electron chi connectivity index (χ4n) is 1.46. The lowest BCUT2D eigenvalue weighted by atomic mass is 10.1. The van der Waals surface area contributed by atoms with E-state index in [9.17, 15) is 9.50 Å². The Morgan fingerprint density at radius 1 is 1.47 bits per heavy atom. The van der Waals surface area contributed by atoms with E-state index in [1.165, 1.54) is 12.1 Å². The topological polar surface area (TPSA) is 29.5 Å². The largest absolute Gasteiger partial charge is 0.493 e. The van der Waals surface area contributed by atoms with Crippen LogP contribution in [0.2, 0.25) is 0 Å². The van der Waals surface area contributed by atoms with Gasteiger partial charge in [0, 0.05) is 5.56 Å². The summed E-state index contributed by atoms with van der Waals surface area (Å²) in [5.41, 5.74) is 0.508. The summed E-state index contributed by atoms with van der Waals surface area (Å²) in [6.45, 7) is 4.32. The van der Waals surface area contributed by atoms with Crippen LogP contribution >= 0.6 is 11.8 Å². The molecule has 0 aliphatic heterocycles. The van der Waals surface area contributed by atoms with Gasteiger partial charge in [-0.3, -0.25) is 0 Å². The Bertz CT molecular complexity index is 342. The highest BCUT2D eigenvalue weighted by Crippen LogP contribution is 2.26. The minimum absolute atomic E-state index is 0.352. The molecule has 0 saturated heterocycles. The van der Waals surface area contributed by atoms with E-state index in [0.29, 0.717) is 17.9 Å². The van der Waals surface area contributed by atoms with Gasteiger partial charge in [-0.05, 0) is 43.0 Å². The van der Waals surface area contributed by atoms with Crippen molar-refractivity contribution in [3.05, 3.63) is 29.6 Å². The first-order valence-electron chi connectivity index (χ1n) is 5.83. The van der Waals surface area contributed by atoms with Gasteiger partial charge in [0.15, 0.2) is 0 Å². The number of benzene rings is 1. The first kappa shape index (κ1) is 14.3. The van der Waals surface area contributed by atoms with Crippen molar-refractivity contribution in [2.24, 2.45) is 0 Å². The molecule has 1 N–H and O–H groups in total. The van der Waals surface area contributed by atoms with Gasteiger partial charge in [-0.25, -0.2) is 4.39 Å². The Morgan fingerprint density at radius 2 is 2.24 bits per heavy atom. The molecule has 0 bridgehead atoms. The molecule has 1 rings (SSSR count). The predicted molar refractivity (Wildman–Crippen MR) is 70.1 cm³/mol. The van der Waals surface area contributed by atoms with Gasteiger partial charge in [-0.1, -0.05) is 6.92 Å². The standard InChI is InChI=1S/C13H19FO2S/c1-3-17-8-4-7-16-13-6-5-11(14)9-12(13)10(2)15/h5-6,9-10,15H,3-4,7-8H2,1-2H3. The summed E-state index contributed by atoms with van der Waals surface area (Å²) in [4.78, 5) is 0. The van der Waals surface area contributed by atoms with E-state index < -0.39 is 6.10 Å². The number of thioether (sulfide) groups is 1. The van der Waals surface area contributed by atoms with Crippen LogP contribution in [0.3, 0.4) is 0 Å². The molecule has 0 aliphatic rings. The highest BCUT2D eigenvalue weighted by molar-refractivity contribution is 7.99. The summed E-state index contributed by atoms with van der Waals surface area (Å²) in [7, 11) is 0. The maximum absolute atomic E-state index is 13.0. The van der Waals surface area contributed by atoms with Crippen LogP contribution in [-0.2, 0) is 0 Å². The molecule has 96 valence electrons. The van der Waals surface area contributed by atoms with Crippen LogP contribution in [0.15, 0.2) is 18.2 Å². The van der Waals surface area contributed by atoms with Gasteiger partial charge in [0.1, 0.15) is 11.6 Å². The molecule has 0 saturated carbocycles. The molecule has 1 aromatic carbocycles. The smallest absolute Gasteiger partial charge is 0.125 e. The molecule has 1 unspecified atom stereocenters. The van der Waals surface area contributed by atoms with Gasteiger partial charge in [-0.15, -0.1) is 0 Å². The quantitative estimate of drug-likeness (QED) is 0.760. The molecule has 0 radical (unpaired) electrons. The van der Waals surface area contributed by atoms with Crippen molar-refractivity contribution in [1.29, 1.82) is 0 Å². The monoisotopic (exact) mass is 258 g/mol. The third-order valence-electron chi connectivity index (χ3n) is 2.32. The summed E-state index contributed by atoms with van der Waals surface area (Å²) in [6.07, 6.45) is 0.237. The molecule has 4 heteroatoms.